The third-order valence-electron chi connectivity index (χ3n) is 4.34. The van der Waals surface area contributed by atoms with Gasteiger partial charge in [0.1, 0.15) is 5.75 Å². The average molecular weight is 292 g/mol. The molecule has 2 unspecified atom stereocenters. The van der Waals surface area contributed by atoms with E-state index in [0.29, 0.717) is 12.0 Å². The topological polar surface area (TPSA) is 43.4 Å². The molecule has 0 aromatic carbocycles. The van der Waals surface area contributed by atoms with Crippen molar-refractivity contribution in [3.63, 3.8) is 0 Å². The van der Waals surface area contributed by atoms with Crippen LogP contribution >= 0.6 is 0 Å². The maximum atomic E-state index is 5.69. The molecular weight excluding hydrogens is 264 g/mol. The molecule has 0 spiro atoms. The average Bonchev–Trinajstić information content (AvgIpc) is 2.50. The van der Waals surface area contributed by atoms with Crippen molar-refractivity contribution in [1.29, 1.82) is 0 Å². The second kappa shape index (κ2) is 7.76. The van der Waals surface area contributed by atoms with Gasteiger partial charge in [-0.2, -0.15) is 0 Å². The summed E-state index contributed by atoms with van der Waals surface area (Å²) in [4.78, 5) is 4.63. The first-order valence-corrected chi connectivity index (χ1v) is 7.97. The highest BCUT2D eigenvalue weighted by molar-refractivity contribution is 5.41. The van der Waals surface area contributed by atoms with Crippen LogP contribution in [-0.2, 0) is 11.2 Å². The van der Waals surface area contributed by atoms with E-state index in [-0.39, 0.29) is 0 Å². The Bertz CT molecular complexity index is 462. The normalized spacial score (nSPS) is 22.3. The van der Waals surface area contributed by atoms with Crippen LogP contribution in [-0.4, -0.2) is 37.9 Å². The molecule has 1 N–H and O–H groups in total. The Balaban J connectivity index is 2.11. The summed E-state index contributed by atoms with van der Waals surface area (Å²) in [5.41, 5.74) is 3.40. The number of nitrogens with zero attached hydrogens (tertiary/aromatic N) is 1. The smallest absolute Gasteiger partial charge is 0.128 e. The standard InChI is InChI=1S/C17H28N2O2/c1-5-7-18-15-6-8-21-11-14(15)9-16-13(3)17(20-4)12(2)10-19-16/h10,14-15,18H,5-9,11H2,1-4H3. The summed E-state index contributed by atoms with van der Waals surface area (Å²) in [6.45, 7) is 9.10. The zero-order valence-electron chi connectivity index (χ0n) is 13.7. The van der Waals surface area contributed by atoms with Crippen molar-refractivity contribution in [3.05, 3.63) is 23.0 Å². The molecule has 1 aromatic heterocycles. The molecule has 1 saturated heterocycles. The summed E-state index contributed by atoms with van der Waals surface area (Å²) < 4.78 is 11.2. The van der Waals surface area contributed by atoms with Gasteiger partial charge >= 0.3 is 0 Å². The Labute approximate surface area is 128 Å². The number of aromatic nitrogens is 1. The van der Waals surface area contributed by atoms with Crippen LogP contribution in [0.4, 0.5) is 0 Å². The Morgan fingerprint density at radius 2 is 2.24 bits per heavy atom. The number of nitrogens with one attached hydrogen (secondary N) is 1. The molecule has 1 fully saturated rings. The highest BCUT2D eigenvalue weighted by atomic mass is 16.5. The zero-order chi connectivity index (χ0) is 15.2. The van der Waals surface area contributed by atoms with Gasteiger partial charge in [-0.1, -0.05) is 6.92 Å². The van der Waals surface area contributed by atoms with Gasteiger partial charge in [-0.05, 0) is 39.7 Å². The number of hydrogen-bond donors (Lipinski definition) is 1. The van der Waals surface area contributed by atoms with Gasteiger partial charge in [0.15, 0.2) is 0 Å². The van der Waals surface area contributed by atoms with Crippen LogP contribution < -0.4 is 10.1 Å². The molecule has 2 atom stereocenters. The molecule has 1 aliphatic rings. The number of rotatable bonds is 6. The molecule has 2 heterocycles. The van der Waals surface area contributed by atoms with Gasteiger partial charge in [-0.25, -0.2) is 0 Å². The second-order valence-corrected chi connectivity index (χ2v) is 5.93. The lowest BCUT2D eigenvalue weighted by molar-refractivity contribution is 0.0318. The van der Waals surface area contributed by atoms with Crippen LogP contribution in [0.2, 0.25) is 0 Å². The maximum absolute atomic E-state index is 5.69. The van der Waals surface area contributed by atoms with Gasteiger partial charge in [0.2, 0.25) is 0 Å². The van der Waals surface area contributed by atoms with Gasteiger partial charge in [-0.3, -0.25) is 4.98 Å². The minimum atomic E-state index is 0.490. The Hall–Kier alpha value is -1.13. The predicted octanol–water partition coefficient (Wildman–Crippen LogP) is 2.65. The van der Waals surface area contributed by atoms with Crippen LogP contribution in [0.25, 0.3) is 0 Å². The third kappa shape index (κ3) is 3.95. The summed E-state index contributed by atoms with van der Waals surface area (Å²) in [7, 11) is 1.73. The molecule has 0 amide bonds. The molecule has 2 rings (SSSR count). The van der Waals surface area contributed by atoms with E-state index < -0.39 is 0 Å². The van der Waals surface area contributed by atoms with E-state index in [2.05, 4.69) is 24.1 Å². The van der Waals surface area contributed by atoms with Crippen LogP contribution in [0.5, 0.6) is 5.75 Å². The fourth-order valence-electron chi connectivity index (χ4n) is 3.12. The van der Waals surface area contributed by atoms with E-state index in [9.17, 15) is 0 Å². The van der Waals surface area contributed by atoms with Gasteiger partial charge in [0.25, 0.3) is 0 Å². The quantitative estimate of drug-likeness (QED) is 0.875. The lowest BCUT2D eigenvalue weighted by atomic mass is 9.89. The van der Waals surface area contributed by atoms with Crippen LogP contribution in [0.3, 0.4) is 0 Å². The number of aryl methyl sites for hydroxylation is 1. The molecule has 21 heavy (non-hydrogen) atoms. The maximum Gasteiger partial charge on any atom is 0.128 e. The molecule has 4 heteroatoms. The fraction of sp³-hybridized carbons (Fsp3) is 0.706. The first kappa shape index (κ1) is 16.2. The highest BCUT2D eigenvalue weighted by Crippen LogP contribution is 2.27. The van der Waals surface area contributed by atoms with Crippen molar-refractivity contribution in [1.82, 2.24) is 10.3 Å². The third-order valence-corrected chi connectivity index (χ3v) is 4.34. The van der Waals surface area contributed by atoms with Gasteiger partial charge in [-0.15, -0.1) is 0 Å². The molecule has 1 aliphatic heterocycles. The lowest BCUT2D eigenvalue weighted by Gasteiger charge is -2.32. The van der Waals surface area contributed by atoms with E-state index in [4.69, 9.17) is 9.47 Å². The molecule has 0 radical (unpaired) electrons. The first-order chi connectivity index (χ1) is 10.2. The molecule has 118 valence electrons. The molecule has 1 aromatic rings. The fourth-order valence-corrected chi connectivity index (χ4v) is 3.12. The minimum absolute atomic E-state index is 0.490. The van der Waals surface area contributed by atoms with Crippen LogP contribution in [0.15, 0.2) is 6.20 Å². The Morgan fingerprint density at radius 1 is 1.43 bits per heavy atom. The summed E-state index contributed by atoms with van der Waals surface area (Å²) in [5.74, 6) is 1.46. The number of pyridine rings is 1. The zero-order valence-corrected chi connectivity index (χ0v) is 13.7. The Kier molecular flexibility index (Phi) is 6.00. The van der Waals surface area contributed by atoms with Crippen molar-refractivity contribution in [2.75, 3.05) is 26.9 Å². The van der Waals surface area contributed by atoms with Crippen LogP contribution in [0.1, 0.15) is 36.6 Å². The summed E-state index contributed by atoms with van der Waals surface area (Å²) >= 11 is 0. The molecule has 0 saturated carbocycles. The summed E-state index contributed by atoms with van der Waals surface area (Å²) in [6, 6.07) is 0.534. The summed E-state index contributed by atoms with van der Waals surface area (Å²) in [5, 5.41) is 3.66. The largest absolute Gasteiger partial charge is 0.496 e. The Morgan fingerprint density at radius 3 is 2.95 bits per heavy atom. The van der Waals surface area contributed by atoms with Crippen molar-refractivity contribution in [2.45, 2.75) is 46.1 Å². The highest BCUT2D eigenvalue weighted by Gasteiger charge is 2.26. The summed E-state index contributed by atoms with van der Waals surface area (Å²) in [6.07, 6.45) is 5.12. The minimum Gasteiger partial charge on any atom is -0.496 e. The molecule has 0 aliphatic carbocycles. The monoisotopic (exact) mass is 292 g/mol. The first-order valence-electron chi connectivity index (χ1n) is 7.97. The van der Waals surface area contributed by atoms with E-state index in [1.807, 2.05) is 13.1 Å². The van der Waals surface area contributed by atoms with Crippen molar-refractivity contribution < 1.29 is 9.47 Å². The molecular formula is C17H28N2O2. The number of ether oxygens (including phenoxy) is 2. The van der Waals surface area contributed by atoms with Crippen molar-refractivity contribution >= 4 is 0 Å². The van der Waals surface area contributed by atoms with Gasteiger partial charge in [0.05, 0.1) is 13.7 Å². The van der Waals surface area contributed by atoms with E-state index in [1.165, 1.54) is 6.42 Å². The van der Waals surface area contributed by atoms with E-state index in [0.717, 1.165) is 55.2 Å². The second-order valence-electron chi connectivity index (χ2n) is 5.93. The van der Waals surface area contributed by atoms with Gasteiger partial charge < -0.3 is 14.8 Å². The predicted molar refractivity (Wildman–Crippen MR) is 85.0 cm³/mol. The lowest BCUT2D eigenvalue weighted by Crippen LogP contribution is -2.44. The van der Waals surface area contributed by atoms with Crippen molar-refractivity contribution in [2.24, 2.45) is 5.92 Å². The molecule has 0 bridgehead atoms. The number of hydrogen-bond acceptors (Lipinski definition) is 4. The molecule has 4 nitrogen and oxygen atoms in total. The van der Waals surface area contributed by atoms with Crippen LogP contribution in [0, 0.1) is 19.8 Å². The number of methoxy groups -OCH3 is 1. The SMILES string of the molecule is CCCNC1CCOCC1Cc1ncc(C)c(OC)c1C. The van der Waals surface area contributed by atoms with Gasteiger partial charge in [0, 0.05) is 41.6 Å². The van der Waals surface area contributed by atoms with E-state index in [1.54, 1.807) is 7.11 Å². The van der Waals surface area contributed by atoms with Crippen molar-refractivity contribution in [3.8, 4) is 5.75 Å². The van der Waals surface area contributed by atoms with E-state index >= 15 is 0 Å².